The van der Waals surface area contributed by atoms with Crippen LogP contribution in [0.15, 0.2) is 24.3 Å². The highest BCUT2D eigenvalue weighted by molar-refractivity contribution is 7.90. The highest BCUT2D eigenvalue weighted by atomic mass is 32.2. The maximum Gasteiger partial charge on any atom is 0.402 e. The normalized spacial score (nSPS) is 12.4. The van der Waals surface area contributed by atoms with Gasteiger partial charge in [0.15, 0.2) is 0 Å². The maximum absolute atomic E-state index is 12.0. The molecule has 0 aromatic heterocycles. The molecule has 0 unspecified atom stereocenters. The number of hydrogen-bond acceptors (Lipinski definition) is 3. The molecule has 1 rings (SSSR count). The summed E-state index contributed by atoms with van der Waals surface area (Å²) in [5.74, 6) is 0. The zero-order valence-corrected chi connectivity index (χ0v) is 11.6. The first-order valence-corrected chi connectivity index (χ1v) is 7.34. The van der Waals surface area contributed by atoms with Crippen LogP contribution in [0.1, 0.15) is 12.5 Å². The summed E-state index contributed by atoms with van der Waals surface area (Å²) in [4.78, 5) is 0. The molecule has 9 heteroatoms. The lowest BCUT2D eigenvalue weighted by molar-refractivity contribution is -0.121. The molecule has 1 aromatic carbocycles. The van der Waals surface area contributed by atoms with E-state index in [1.54, 1.807) is 18.2 Å². The average Bonchev–Trinajstić information content (AvgIpc) is 2.34. The van der Waals surface area contributed by atoms with E-state index in [2.05, 4.69) is 10.0 Å². The number of hydrogen-bond donors (Lipinski definition) is 3. The number of benzene rings is 1. The monoisotopic (exact) mass is 311 g/mol. The van der Waals surface area contributed by atoms with E-state index in [9.17, 15) is 21.6 Å². The number of rotatable bonds is 7. The summed E-state index contributed by atoms with van der Waals surface area (Å²) in [5, 5.41) is 3.01. The van der Waals surface area contributed by atoms with Gasteiger partial charge < -0.3 is 5.32 Å². The Bertz CT molecular complexity index is 532. The lowest BCUT2D eigenvalue weighted by Crippen LogP contribution is -2.37. The molecule has 0 fully saturated rings. The molecule has 20 heavy (non-hydrogen) atoms. The predicted molar refractivity (Wildman–Crippen MR) is 70.4 cm³/mol. The van der Waals surface area contributed by atoms with Crippen molar-refractivity contribution >= 4 is 15.9 Å². The van der Waals surface area contributed by atoms with Crippen molar-refractivity contribution in [2.24, 2.45) is 0 Å². The Morgan fingerprint density at radius 2 is 1.85 bits per heavy atom. The van der Waals surface area contributed by atoms with Crippen LogP contribution >= 0.6 is 0 Å². The molecule has 0 aliphatic heterocycles. The Hall–Kier alpha value is -1.32. The van der Waals surface area contributed by atoms with Gasteiger partial charge in [0.1, 0.15) is 6.54 Å². The summed E-state index contributed by atoms with van der Waals surface area (Å²) in [6.07, 6.45) is -4.60. The van der Waals surface area contributed by atoms with Crippen molar-refractivity contribution in [3.8, 4) is 0 Å². The third kappa shape index (κ3) is 6.22. The Kier molecular flexibility index (Phi) is 5.78. The molecule has 0 heterocycles. The van der Waals surface area contributed by atoms with Gasteiger partial charge in [-0.05, 0) is 18.2 Å². The third-order valence-electron chi connectivity index (χ3n) is 2.29. The van der Waals surface area contributed by atoms with Gasteiger partial charge in [-0.3, -0.25) is 4.72 Å². The highest BCUT2D eigenvalue weighted by Gasteiger charge is 2.29. The average molecular weight is 311 g/mol. The molecular formula is C11H16F3N3O2S. The molecule has 0 aliphatic rings. The van der Waals surface area contributed by atoms with E-state index < -0.39 is 22.9 Å². The van der Waals surface area contributed by atoms with Crippen LogP contribution in [-0.2, 0) is 16.8 Å². The summed E-state index contributed by atoms with van der Waals surface area (Å²) in [5.41, 5.74) is 0.884. The summed E-state index contributed by atoms with van der Waals surface area (Å²) >= 11 is 0. The fourth-order valence-corrected chi connectivity index (χ4v) is 2.31. The molecule has 0 saturated heterocycles. The van der Waals surface area contributed by atoms with Crippen molar-refractivity contribution in [3.63, 3.8) is 0 Å². The minimum absolute atomic E-state index is 0.239. The number of halogens is 3. The van der Waals surface area contributed by atoms with Crippen LogP contribution in [0.5, 0.6) is 0 Å². The van der Waals surface area contributed by atoms with Crippen LogP contribution < -0.4 is 14.8 Å². The van der Waals surface area contributed by atoms with E-state index in [0.29, 0.717) is 18.7 Å². The Balaban J connectivity index is 2.76. The number of anilines is 1. The van der Waals surface area contributed by atoms with E-state index in [4.69, 9.17) is 0 Å². The molecule has 3 N–H and O–H groups in total. The van der Waals surface area contributed by atoms with Crippen LogP contribution in [0.4, 0.5) is 18.9 Å². The van der Waals surface area contributed by atoms with Crippen molar-refractivity contribution in [1.29, 1.82) is 0 Å². The zero-order valence-electron chi connectivity index (χ0n) is 10.8. The van der Waals surface area contributed by atoms with E-state index >= 15 is 0 Å². The van der Waals surface area contributed by atoms with Gasteiger partial charge in [0.2, 0.25) is 0 Å². The molecule has 0 atom stereocenters. The number of para-hydroxylation sites is 1. The lowest BCUT2D eigenvalue weighted by Gasteiger charge is -2.14. The van der Waals surface area contributed by atoms with Gasteiger partial charge in [0.25, 0.3) is 10.2 Å². The molecular weight excluding hydrogens is 295 g/mol. The molecule has 0 saturated carbocycles. The van der Waals surface area contributed by atoms with Crippen LogP contribution in [0.3, 0.4) is 0 Å². The SMILES string of the molecule is CCNCc1ccccc1NS(=O)(=O)NCC(F)(F)F. The minimum atomic E-state index is -4.60. The van der Waals surface area contributed by atoms with Crippen LogP contribution in [0.25, 0.3) is 0 Å². The van der Waals surface area contributed by atoms with Crippen LogP contribution in [-0.4, -0.2) is 27.7 Å². The lowest BCUT2D eigenvalue weighted by atomic mass is 10.2. The fourth-order valence-electron chi connectivity index (χ4n) is 1.39. The van der Waals surface area contributed by atoms with E-state index in [0.717, 1.165) is 0 Å². The first-order chi connectivity index (χ1) is 9.23. The van der Waals surface area contributed by atoms with Gasteiger partial charge in [-0.1, -0.05) is 25.1 Å². The molecule has 0 aliphatic carbocycles. The number of alkyl halides is 3. The smallest absolute Gasteiger partial charge is 0.313 e. The van der Waals surface area contributed by atoms with Crippen molar-refractivity contribution in [2.75, 3.05) is 17.8 Å². The van der Waals surface area contributed by atoms with E-state index in [1.807, 2.05) is 6.92 Å². The summed E-state index contributed by atoms with van der Waals surface area (Å²) in [7, 11) is -4.26. The maximum atomic E-state index is 12.0. The Labute approximate surface area is 115 Å². The molecule has 0 spiro atoms. The molecule has 0 bridgehead atoms. The van der Waals surface area contributed by atoms with Gasteiger partial charge in [0.05, 0.1) is 5.69 Å². The fraction of sp³-hybridized carbons (Fsp3) is 0.455. The summed E-state index contributed by atoms with van der Waals surface area (Å²) < 4.78 is 62.6. The second kappa shape index (κ2) is 6.91. The molecule has 114 valence electrons. The first-order valence-electron chi connectivity index (χ1n) is 5.86. The topological polar surface area (TPSA) is 70.2 Å². The molecule has 0 amide bonds. The minimum Gasteiger partial charge on any atom is -0.313 e. The van der Waals surface area contributed by atoms with Crippen LogP contribution in [0, 0.1) is 0 Å². The number of nitrogens with one attached hydrogen (secondary N) is 3. The van der Waals surface area contributed by atoms with Gasteiger partial charge in [-0.15, -0.1) is 0 Å². The highest BCUT2D eigenvalue weighted by Crippen LogP contribution is 2.17. The predicted octanol–water partition coefficient (Wildman–Crippen LogP) is 1.60. The second-order valence-corrected chi connectivity index (χ2v) is 5.48. The molecule has 0 radical (unpaired) electrons. The van der Waals surface area contributed by atoms with Crippen molar-refractivity contribution < 1.29 is 21.6 Å². The second-order valence-electron chi connectivity index (χ2n) is 3.98. The van der Waals surface area contributed by atoms with Crippen LogP contribution in [0.2, 0.25) is 0 Å². The molecule has 5 nitrogen and oxygen atoms in total. The Morgan fingerprint density at radius 1 is 1.20 bits per heavy atom. The quantitative estimate of drug-likeness (QED) is 0.716. The Morgan fingerprint density at radius 3 is 2.45 bits per heavy atom. The molecule has 1 aromatic rings. The van der Waals surface area contributed by atoms with Gasteiger partial charge in [0, 0.05) is 6.54 Å². The first kappa shape index (κ1) is 16.7. The van der Waals surface area contributed by atoms with Gasteiger partial charge in [-0.2, -0.15) is 26.3 Å². The zero-order chi connectivity index (χ0) is 15.2. The van der Waals surface area contributed by atoms with E-state index in [-0.39, 0.29) is 5.69 Å². The van der Waals surface area contributed by atoms with Crippen molar-refractivity contribution in [3.05, 3.63) is 29.8 Å². The van der Waals surface area contributed by atoms with Gasteiger partial charge >= 0.3 is 6.18 Å². The standard InChI is InChI=1S/C11H16F3N3O2S/c1-2-15-7-9-5-3-4-6-10(9)17-20(18,19)16-8-11(12,13)14/h3-6,15-17H,2,7-8H2,1H3. The van der Waals surface area contributed by atoms with Crippen molar-refractivity contribution in [2.45, 2.75) is 19.6 Å². The van der Waals surface area contributed by atoms with E-state index in [1.165, 1.54) is 10.8 Å². The largest absolute Gasteiger partial charge is 0.402 e. The van der Waals surface area contributed by atoms with Gasteiger partial charge in [-0.25, -0.2) is 0 Å². The van der Waals surface area contributed by atoms with Crippen molar-refractivity contribution in [1.82, 2.24) is 10.0 Å². The summed E-state index contributed by atoms with van der Waals surface area (Å²) in [6.45, 7) is 1.37. The summed E-state index contributed by atoms with van der Waals surface area (Å²) in [6, 6.07) is 6.48. The third-order valence-corrected chi connectivity index (χ3v) is 3.30.